The highest BCUT2D eigenvalue weighted by molar-refractivity contribution is 5.88. The van der Waals surface area contributed by atoms with E-state index < -0.39 is 11.6 Å². The number of benzene rings is 3. The molecule has 0 radical (unpaired) electrons. The Morgan fingerprint density at radius 3 is 2.02 bits per heavy atom. The molecule has 44 heavy (non-hydrogen) atoms. The van der Waals surface area contributed by atoms with E-state index in [2.05, 4.69) is 17.4 Å². The predicted molar refractivity (Wildman–Crippen MR) is 171 cm³/mol. The first-order chi connectivity index (χ1) is 21.5. The number of likely N-dealkylation sites (tertiary alicyclic amines) is 1. The number of aliphatic hydroxyl groups excluding tert-OH is 1. The number of methoxy groups -OCH3 is 2. The van der Waals surface area contributed by atoms with Crippen LogP contribution in [-0.2, 0) is 19.9 Å². The summed E-state index contributed by atoms with van der Waals surface area (Å²) in [6.07, 6.45) is 5.69. The maximum Gasteiger partial charge on any atom is 0.242 e. The molecule has 0 bridgehead atoms. The van der Waals surface area contributed by atoms with Crippen molar-refractivity contribution in [3.63, 3.8) is 0 Å². The summed E-state index contributed by atoms with van der Waals surface area (Å²) in [5, 5.41) is 12.0. The quantitative estimate of drug-likeness (QED) is 0.158. The molecule has 0 aromatic heterocycles. The molecule has 1 aliphatic heterocycles. The summed E-state index contributed by atoms with van der Waals surface area (Å²) in [6, 6.07) is 25.7. The lowest BCUT2D eigenvalue weighted by molar-refractivity contribution is -0.138. The average molecular weight is 603 g/mol. The number of hydrogen-bond donors (Lipinski definition) is 2. The van der Waals surface area contributed by atoms with Gasteiger partial charge in [0.25, 0.3) is 0 Å². The average Bonchev–Trinajstić information content (AvgIpc) is 3.58. The van der Waals surface area contributed by atoms with E-state index in [0.29, 0.717) is 39.0 Å². The van der Waals surface area contributed by atoms with Crippen molar-refractivity contribution >= 4 is 11.8 Å². The van der Waals surface area contributed by atoms with Crippen LogP contribution in [0.3, 0.4) is 0 Å². The molecule has 0 saturated carbocycles. The Morgan fingerprint density at radius 2 is 1.43 bits per heavy atom. The first-order valence-corrected chi connectivity index (χ1v) is 15.7. The Morgan fingerprint density at radius 1 is 0.818 bits per heavy atom. The molecule has 2 amide bonds. The van der Waals surface area contributed by atoms with E-state index in [0.717, 1.165) is 60.3 Å². The number of unbranched alkanes of at least 4 members (excludes halogenated alkanes) is 3. The molecule has 1 atom stereocenters. The topological polar surface area (TPSA) is 97.3 Å². The zero-order valence-corrected chi connectivity index (χ0v) is 26.0. The third kappa shape index (κ3) is 8.18. The van der Waals surface area contributed by atoms with Crippen LogP contribution in [0.1, 0.15) is 68.1 Å². The van der Waals surface area contributed by atoms with Crippen LogP contribution in [0.4, 0.5) is 0 Å². The van der Waals surface area contributed by atoms with Gasteiger partial charge in [0.05, 0.1) is 14.2 Å². The molecule has 0 unspecified atom stereocenters. The molecular formula is C36H46N2O6. The van der Waals surface area contributed by atoms with Crippen molar-refractivity contribution in [2.45, 2.75) is 63.0 Å². The molecule has 2 N–H and O–H groups in total. The Bertz CT molecular complexity index is 1250. The minimum absolute atomic E-state index is 0.0308. The molecule has 1 saturated heterocycles. The third-order valence-electron chi connectivity index (χ3n) is 8.29. The van der Waals surface area contributed by atoms with Gasteiger partial charge in [-0.3, -0.25) is 9.59 Å². The van der Waals surface area contributed by atoms with Crippen molar-refractivity contribution in [2.75, 3.05) is 40.5 Å². The molecular weight excluding hydrogens is 556 g/mol. The number of carbonyl (C=O) groups is 2. The molecule has 236 valence electrons. The fraction of sp³-hybridized carbons (Fsp3) is 0.444. The lowest BCUT2D eigenvalue weighted by Crippen LogP contribution is -2.46. The number of nitrogens with one attached hydrogen (secondary N) is 1. The van der Waals surface area contributed by atoms with Crippen molar-refractivity contribution < 1.29 is 28.9 Å². The smallest absolute Gasteiger partial charge is 0.242 e. The second kappa shape index (κ2) is 16.8. The highest BCUT2D eigenvalue weighted by atomic mass is 16.5. The normalized spacial score (nSPS) is 14.8. The van der Waals surface area contributed by atoms with Gasteiger partial charge in [0, 0.05) is 32.7 Å². The van der Waals surface area contributed by atoms with Crippen LogP contribution in [-0.4, -0.2) is 68.4 Å². The van der Waals surface area contributed by atoms with Gasteiger partial charge in [-0.25, -0.2) is 0 Å². The van der Waals surface area contributed by atoms with E-state index in [1.54, 1.807) is 19.1 Å². The van der Waals surface area contributed by atoms with E-state index in [4.69, 9.17) is 19.3 Å². The van der Waals surface area contributed by atoms with E-state index in [9.17, 15) is 9.59 Å². The zero-order chi connectivity index (χ0) is 31.2. The molecule has 0 aliphatic carbocycles. The van der Waals surface area contributed by atoms with Crippen LogP contribution in [0.2, 0.25) is 0 Å². The van der Waals surface area contributed by atoms with Crippen LogP contribution in [0.15, 0.2) is 78.9 Å². The molecule has 1 heterocycles. The standard InChI is InChI=1S/C36H46N2O6/c1-42-31-20-16-29(17-21-31)36(28-12-5-3-6-13-28,30-18-22-32(43-2)23-19-30)44-27-10-8-24-37-35(41)33-14-11-25-38(33)34(40)15-7-4-9-26-39/h3,5-6,12-13,16-23,33,39H,4,7-11,14-15,24-27H2,1-2H3,(H,37,41)/t33-/m1/s1. The fourth-order valence-electron chi connectivity index (χ4n) is 5.90. The summed E-state index contributed by atoms with van der Waals surface area (Å²) >= 11 is 0. The Labute approximate surface area is 261 Å². The van der Waals surface area contributed by atoms with Crippen LogP contribution < -0.4 is 14.8 Å². The monoisotopic (exact) mass is 602 g/mol. The van der Waals surface area contributed by atoms with Gasteiger partial charge in [-0.15, -0.1) is 0 Å². The summed E-state index contributed by atoms with van der Waals surface area (Å²) in [7, 11) is 3.31. The summed E-state index contributed by atoms with van der Waals surface area (Å²) < 4.78 is 17.7. The third-order valence-corrected chi connectivity index (χ3v) is 8.29. The van der Waals surface area contributed by atoms with Gasteiger partial charge in [-0.05, 0) is 79.5 Å². The maximum atomic E-state index is 13.0. The summed E-state index contributed by atoms with van der Waals surface area (Å²) in [6.45, 7) is 1.75. The molecule has 3 aromatic carbocycles. The lowest BCUT2D eigenvalue weighted by Gasteiger charge is -2.36. The minimum Gasteiger partial charge on any atom is -0.497 e. The first kappa shape index (κ1) is 33.0. The van der Waals surface area contributed by atoms with E-state index in [-0.39, 0.29) is 18.4 Å². The number of nitrogens with zero attached hydrogens (tertiary/aromatic N) is 1. The van der Waals surface area contributed by atoms with Crippen LogP contribution in [0, 0.1) is 0 Å². The number of amides is 2. The highest BCUT2D eigenvalue weighted by Crippen LogP contribution is 2.41. The second-order valence-corrected chi connectivity index (χ2v) is 11.1. The van der Waals surface area contributed by atoms with Gasteiger partial charge >= 0.3 is 0 Å². The second-order valence-electron chi connectivity index (χ2n) is 11.1. The van der Waals surface area contributed by atoms with Crippen LogP contribution >= 0.6 is 0 Å². The fourth-order valence-corrected chi connectivity index (χ4v) is 5.90. The summed E-state index contributed by atoms with van der Waals surface area (Å²) in [5.41, 5.74) is 2.09. The molecule has 0 spiro atoms. The Hall–Kier alpha value is -3.88. The van der Waals surface area contributed by atoms with E-state index in [1.807, 2.05) is 66.7 Å². The molecule has 3 aromatic rings. The highest BCUT2D eigenvalue weighted by Gasteiger charge is 2.38. The first-order valence-electron chi connectivity index (χ1n) is 15.7. The van der Waals surface area contributed by atoms with Crippen LogP contribution in [0.25, 0.3) is 0 Å². The molecule has 8 nitrogen and oxygen atoms in total. The molecule has 1 fully saturated rings. The van der Waals surface area contributed by atoms with E-state index in [1.165, 1.54) is 0 Å². The number of ether oxygens (including phenoxy) is 3. The van der Waals surface area contributed by atoms with Crippen molar-refractivity contribution in [3.8, 4) is 11.5 Å². The van der Waals surface area contributed by atoms with Gasteiger partial charge < -0.3 is 29.5 Å². The number of rotatable bonds is 17. The van der Waals surface area contributed by atoms with Gasteiger partial charge in [-0.1, -0.05) is 61.0 Å². The predicted octanol–water partition coefficient (Wildman–Crippen LogP) is 5.45. The van der Waals surface area contributed by atoms with Gasteiger partial charge in [0.2, 0.25) is 11.8 Å². The summed E-state index contributed by atoms with van der Waals surface area (Å²) in [5.74, 6) is 1.49. The summed E-state index contributed by atoms with van der Waals surface area (Å²) in [4.78, 5) is 27.4. The van der Waals surface area contributed by atoms with Crippen LogP contribution in [0.5, 0.6) is 11.5 Å². The molecule has 4 rings (SSSR count). The Kier molecular flexibility index (Phi) is 12.6. The SMILES string of the molecule is COc1ccc(C(OCCCCNC(=O)[C@H]2CCCN2C(=O)CCCCCO)(c2ccccc2)c2ccc(OC)cc2)cc1. The Balaban J connectivity index is 1.41. The van der Waals surface area contributed by atoms with Crippen molar-refractivity contribution in [2.24, 2.45) is 0 Å². The van der Waals surface area contributed by atoms with Gasteiger partial charge in [0.1, 0.15) is 23.1 Å². The number of carbonyl (C=O) groups excluding carboxylic acids is 2. The molecule has 8 heteroatoms. The van der Waals surface area contributed by atoms with Crippen molar-refractivity contribution in [1.82, 2.24) is 10.2 Å². The molecule has 1 aliphatic rings. The number of hydrogen-bond acceptors (Lipinski definition) is 6. The van der Waals surface area contributed by atoms with Gasteiger partial charge in [-0.2, -0.15) is 0 Å². The zero-order valence-electron chi connectivity index (χ0n) is 26.0. The lowest BCUT2D eigenvalue weighted by atomic mass is 9.80. The minimum atomic E-state index is -0.870. The van der Waals surface area contributed by atoms with Gasteiger partial charge in [0.15, 0.2) is 0 Å². The van der Waals surface area contributed by atoms with E-state index >= 15 is 0 Å². The van der Waals surface area contributed by atoms with Crippen molar-refractivity contribution in [1.29, 1.82) is 0 Å². The largest absolute Gasteiger partial charge is 0.497 e. The maximum absolute atomic E-state index is 13.0. The number of aliphatic hydroxyl groups is 1. The van der Waals surface area contributed by atoms with Crippen molar-refractivity contribution in [3.05, 3.63) is 95.6 Å².